The topological polar surface area (TPSA) is 59.3 Å². The highest BCUT2D eigenvalue weighted by Gasteiger charge is 2.19. The summed E-state index contributed by atoms with van der Waals surface area (Å²) in [5, 5.41) is 3.30. The number of fused-ring (bicyclic) bond motifs is 1. The highest BCUT2D eigenvalue weighted by Crippen LogP contribution is 2.30. The van der Waals surface area contributed by atoms with Gasteiger partial charge < -0.3 is 4.42 Å². The number of amides is 1. The van der Waals surface area contributed by atoms with E-state index in [-0.39, 0.29) is 27.8 Å². The number of nitrogens with one attached hydrogen (secondary N) is 1. The summed E-state index contributed by atoms with van der Waals surface area (Å²) in [6.07, 6.45) is 0. The summed E-state index contributed by atoms with van der Waals surface area (Å²) < 4.78 is 19.2. The van der Waals surface area contributed by atoms with Crippen molar-refractivity contribution in [2.45, 2.75) is 0 Å². The van der Waals surface area contributed by atoms with Crippen molar-refractivity contribution in [2.24, 2.45) is 0 Å². The van der Waals surface area contributed by atoms with Crippen LogP contribution in [0.15, 0.2) is 82.0 Å². The third kappa shape index (κ3) is 3.40. The molecule has 28 heavy (non-hydrogen) atoms. The van der Waals surface area contributed by atoms with Crippen molar-refractivity contribution in [1.29, 1.82) is 0 Å². The van der Waals surface area contributed by atoms with Crippen LogP contribution < -0.4 is 10.7 Å². The van der Waals surface area contributed by atoms with Gasteiger partial charge in [0.05, 0.1) is 10.9 Å². The van der Waals surface area contributed by atoms with Crippen LogP contribution in [0.4, 0.5) is 10.3 Å². The number of rotatable bonds is 3. The first kappa shape index (κ1) is 17.9. The van der Waals surface area contributed by atoms with Crippen molar-refractivity contribution in [3.8, 4) is 11.1 Å². The van der Waals surface area contributed by atoms with Crippen LogP contribution in [0.5, 0.6) is 0 Å². The number of carbonyl (C=O) groups is 1. The van der Waals surface area contributed by atoms with E-state index in [4.69, 9.17) is 16.0 Å². The first-order valence-electron chi connectivity index (χ1n) is 8.41. The SMILES string of the molecule is O=C(Nc1oc2ccc(Cl)cc2c(=O)c1-c1ccc(F)cc1)c1ccccc1. The molecule has 0 bridgehead atoms. The van der Waals surface area contributed by atoms with Crippen molar-refractivity contribution < 1.29 is 13.6 Å². The van der Waals surface area contributed by atoms with Crippen LogP contribution in [-0.4, -0.2) is 5.91 Å². The molecule has 0 fully saturated rings. The Balaban J connectivity index is 1.92. The molecule has 138 valence electrons. The molecule has 0 saturated heterocycles. The molecule has 0 radical (unpaired) electrons. The Morgan fingerprint density at radius 1 is 0.964 bits per heavy atom. The summed E-state index contributed by atoms with van der Waals surface area (Å²) >= 11 is 6.01. The summed E-state index contributed by atoms with van der Waals surface area (Å²) in [5.41, 5.74) is 0.855. The minimum absolute atomic E-state index is 0.0136. The molecule has 0 unspecified atom stereocenters. The molecule has 0 saturated carbocycles. The highest BCUT2D eigenvalue weighted by molar-refractivity contribution is 6.31. The Kier molecular flexibility index (Phi) is 4.67. The molecule has 3 aromatic carbocycles. The lowest BCUT2D eigenvalue weighted by Gasteiger charge is -2.11. The lowest BCUT2D eigenvalue weighted by molar-refractivity contribution is 0.102. The number of carbonyl (C=O) groups excluding carboxylic acids is 1. The smallest absolute Gasteiger partial charge is 0.257 e. The van der Waals surface area contributed by atoms with Crippen LogP contribution in [0.25, 0.3) is 22.1 Å². The van der Waals surface area contributed by atoms with Crippen LogP contribution in [0, 0.1) is 5.82 Å². The number of anilines is 1. The minimum Gasteiger partial charge on any atom is -0.439 e. The number of halogens is 2. The Bertz CT molecular complexity index is 1230. The second-order valence-corrected chi connectivity index (χ2v) is 6.54. The average molecular weight is 394 g/mol. The van der Waals surface area contributed by atoms with Crippen molar-refractivity contribution in [3.63, 3.8) is 0 Å². The zero-order valence-electron chi connectivity index (χ0n) is 14.4. The predicted molar refractivity (Wildman–Crippen MR) is 107 cm³/mol. The van der Waals surface area contributed by atoms with Crippen molar-refractivity contribution in [2.75, 3.05) is 5.32 Å². The molecule has 1 heterocycles. The van der Waals surface area contributed by atoms with Crippen molar-refractivity contribution in [1.82, 2.24) is 0 Å². The third-order valence-corrected chi connectivity index (χ3v) is 4.48. The van der Waals surface area contributed by atoms with Gasteiger partial charge in [-0.2, -0.15) is 0 Å². The molecule has 4 nitrogen and oxygen atoms in total. The maximum Gasteiger partial charge on any atom is 0.257 e. The molecule has 0 atom stereocenters. The van der Waals surface area contributed by atoms with Crippen LogP contribution >= 0.6 is 11.6 Å². The zero-order valence-corrected chi connectivity index (χ0v) is 15.2. The maximum atomic E-state index is 13.4. The van der Waals surface area contributed by atoms with E-state index in [0.717, 1.165) is 0 Å². The largest absolute Gasteiger partial charge is 0.439 e. The number of benzene rings is 3. The second kappa shape index (κ2) is 7.29. The minimum atomic E-state index is -0.438. The number of hydrogen-bond acceptors (Lipinski definition) is 3. The van der Waals surface area contributed by atoms with Crippen LogP contribution in [0.1, 0.15) is 10.4 Å². The van der Waals surface area contributed by atoms with Gasteiger partial charge in [0.2, 0.25) is 11.3 Å². The Morgan fingerprint density at radius 2 is 1.68 bits per heavy atom. The van der Waals surface area contributed by atoms with E-state index >= 15 is 0 Å². The fourth-order valence-corrected chi connectivity index (χ4v) is 3.07. The zero-order chi connectivity index (χ0) is 19.7. The average Bonchev–Trinajstić information content (AvgIpc) is 2.70. The van der Waals surface area contributed by atoms with Crippen molar-refractivity contribution >= 4 is 34.4 Å². The molecule has 0 aliphatic carbocycles. The van der Waals surface area contributed by atoms with E-state index in [1.165, 1.54) is 30.3 Å². The fourth-order valence-electron chi connectivity index (χ4n) is 2.90. The van der Waals surface area contributed by atoms with Gasteiger partial charge in [-0.05, 0) is 48.0 Å². The molecule has 0 aliphatic heterocycles. The van der Waals surface area contributed by atoms with Crippen molar-refractivity contribution in [3.05, 3.63) is 99.4 Å². The molecule has 4 rings (SSSR count). The van der Waals surface area contributed by atoms with Crippen LogP contribution in [0.3, 0.4) is 0 Å². The summed E-state index contributed by atoms with van der Waals surface area (Å²) in [7, 11) is 0. The van der Waals surface area contributed by atoms with E-state index in [1.807, 2.05) is 0 Å². The summed E-state index contributed by atoms with van der Waals surface area (Å²) in [6.45, 7) is 0. The summed E-state index contributed by atoms with van der Waals surface area (Å²) in [4.78, 5) is 25.7. The fraction of sp³-hybridized carbons (Fsp3) is 0. The molecule has 4 aromatic rings. The molecule has 0 aliphatic rings. The monoisotopic (exact) mass is 393 g/mol. The van der Waals surface area contributed by atoms with Crippen LogP contribution in [-0.2, 0) is 0 Å². The molecular formula is C22H13ClFNO3. The van der Waals surface area contributed by atoms with Gasteiger partial charge in [-0.1, -0.05) is 41.9 Å². The van der Waals surface area contributed by atoms with E-state index in [9.17, 15) is 14.0 Å². The first-order chi connectivity index (χ1) is 13.5. The van der Waals surface area contributed by atoms with E-state index in [0.29, 0.717) is 16.1 Å². The number of hydrogen-bond donors (Lipinski definition) is 1. The van der Waals surface area contributed by atoms with Gasteiger partial charge in [-0.25, -0.2) is 4.39 Å². The highest BCUT2D eigenvalue weighted by atomic mass is 35.5. The molecule has 1 N–H and O–H groups in total. The Labute approximate surface area is 164 Å². The van der Waals surface area contributed by atoms with E-state index in [1.54, 1.807) is 42.5 Å². The normalized spacial score (nSPS) is 10.8. The lowest BCUT2D eigenvalue weighted by atomic mass is 10.0. The quantitative estimate of drug-likeness (QED) is 0.499. The molecule has 0 spiro atoms. The molecule has 1 amide bonds. The summed E-state index contributed by atoms with van der Waals surface area (Å²) in [6, 6.07) is 18.6. The Hall–Kier alpha value is -3.44. The Morgan fingerprint density at radius 3 is 2.39 bits per heavy atom. The van der Waals surface area contributed by atoms with Gasteiger partial charge in [0.15, 0.2) is 0 Å². The third-order valence-electron chi connectivity index (χ3n) is 4.25. The van der Waals surface area contributed by atoms with E-state index in [2.05, 4.69) is 5.32 Å². The van der Waals surface area contributed by atoms with Gasteiger partial charge in [0, 0.05) is 10.6 Å². The standard InChI is InChI=1S/C22H13ClFNO3/c23-15-8-11-18-17(12-15)20(26)19(13-6-9-16(24)10-7-13)22(28-18)25-21(27)14-4-2-1-3-5-14/h1-12H,(H,25,27). The van der Waals surface area contributed by atoms with Crippen LogP contribution in [0.2, 0.25) is 5.02 Å². The molecule has 1 aromatic heterocycles. The molecule has 6 heteroatoms. The summed E-state index contributed by atoms with van der Waals surface area (Å²) in [5.74, 6) is -0.882. The van der Waals surface area contributed by atoms with E-state index < -0.39 is 11.7 Å². The van der Waals surface area contributed by atoms with Gasteiger partial charge in [-0.15, -0.1) is 0 Å². The van der Waals surface area contributed by atoms with Gasteiger partial charge in [-0.3, -0.25) is 14.9 Å². The van der Waals surface area contributed by atoms with Gasteiger partial charge in [0.25, 0.3) is 5.91 Å². The van der Waals surface area contributed by atoms with Gasteiger partial charge in [0.1, 0.15) is 11.4 Å². The molecular weight excluding hydrogens is 381 g/mol. The predicted octanol–water partition coefficient (Wildman–Crippen LogP) is 5.50. The lowest BCUT2D eigenvalue weighted by Crippen LogP contribution is -2.16. The van der Waals surface area contributed by atoms with Gasteiger partial charge >= 0.3 is 0 Å². The first-order valence-corrected chi connectivity index (χ1v) is 8.79. The maximum absolute atomic E-state index is 13.4. The second-order valence-electron chi connectivity index (χ2n) is 6.10.